The molecule has 1 aromatic carbocycles. The van der Waals surface area contributed by atoms with Crippen molar-refractivity contribution in [3.8, 4) is 5.75 Å². The minimum absolute atomic E-state index is 0. The van der Waals surface area contributed by atoms with E-state index in [9.17, 15) is 9.59 Å². The van der Waals surface area contributed by atoms with Gasteiger partial charge in [-0.25, -0.2) is 4.98 Å². The van der Waals surface area contributed by atoms with Gasteiger partial charge in [0.05, 0.1) is 19.0 Å². The fourth-order valence-corrected chi connectivity index (χ4v) is 7.32. The van der Waals surface area contributed by atoms with Crippen LogP contribution >= 0.6 is 37.2 Å². The maximum Gasteiger partial charge on any atom is 0.251 e. The number of aromatic nitrogens is 2. The van der Waals surface area contributed by atoms with E-state index in [0.29, 0.717) is 41.1 Å². The molecule has 2 amide bonds. The third kappa shape index (κ3) is 8.77. The highest BCUT2D eigenvalue weighted by Crippen LogP contribution is 2.37. The Kier molecular flexibility index (Phi) is 14.4. The van der Waals surface area contributed by atoms with Gasteiger partial charge in [0, 0.05) is 63.5 Å². The molecular weight excluding hydrogens is 675 g/mol. The Morgan fingerprint density at radius 1 is 1.02 bits per heavy atom. The number of fused-ring (bicyclic) bond motifs is 1. The lowest BCUT2D eigenvalue weighted by Crippen LogP contribution is -2.54. The van der Waals surface area contributed by atoms with E-state index in [1.54, 1.807) is 31.3 Å². The molecule has 1 aromatic heterocycles. The number of halogens is 3. The largest absolute Gasteiger partial charge is 0.495 e. The van der Waals surface area contributed by atoms with Gasteiger partial charge in [-0.2, -0.15) is 4.98 Å². The fraction of sp³-hybridized carbons (Fsp3) is 0.647. The van der Waals surface area contributed by atoms with E-state index >= 15 is 0 Å². The van der Waals surface area contributed by atoms with Crippen LogP contribution in [0.4, 0.5) is 23.1 Å². The fourth-order valence-electron chi connectivity index (χ4n) is 7.32. The van der Waals surface area contributed by atoms with Crippen LogP contribution in [0.25, 0.3) is 0 Å². The van der Waals surface area contributed by atoms with Gasteiger partial charge >= 0.3 is 0 Å². The molecule has 3 heterocycles. The number of ether oxygens (including phenoxy) is 1. The van der Waals surface area contributed by atoms with E-state index in [1.807, 2.05) is 19.1 Å². The van der Waals surface area contributed by atoms with Gasteiger partial charge in [-0.1, -0.05) is 6.92 Å². The van der Waals surface area contributed by atoms with Gasteiger partial charge in [-0.05, 0) is 82.9 Å². The topological polar surface area (TPSA) is 106 Å². The van der Waals surface area contributed by atoms with E-state index in [0.717, 1.165) is 37.4 Å². The summed E-state index contributed by atoms with van der Waals surface area (Å²) in [5.41, 5.74) is 1.91. The van der Waals surface area contributed by atoms with Crippen LogP contribution in [0, 0.1) is 5.92 Å². The Morgan fingerprint density at radius 2 is 1.71 bits per heavy atom. The lowest BCUT2D eigenvalue weighted by Gasteiger charge is -2.42. The SMILES string of the molecule is CC[C@@H]1C(=O)N(C)c2cnc(Nc3ccc(C(=O)N[C@H]4CC[C@H](N5CCN(CC6CC6)CC5)CC4)cc3OC)nc2N1C(C)C.Cl.Cl.Cl. The average molecular weight is 728 g/mol. The monoisotopic (exact) mass is 726 g/mol. The average Bonchev–Trinajstić information content (AvgIpc) is 3.87. The van der Waals surface area contributed by atoms with Gasteiger partial charge in [-0.3, -0.25) is 14.5 Å². The molecule has 0 spiro atoms. The molecule has 6 rings (SSSR count). The Morgan fingerprint density at radius 3 is 2.31 bits per heavy atom. The number of carbonyl (C=O) groups excluding carboxylic acids is 2. The Bertz CT molecular complexity index is 1380. The third-order valence-corrected chi connectivity index (χ3v) is 10.1. The Hall–Kier alpha value is -2.57. The molecule has 2 aromatic rings. The molecular formula is C34H53Cl3N8O3. The molecule has 0 radical (unpaired) electrons. The first kappa shape index (κ1) is 39.9. The van der Waals surface area contributed by atoms with Crippen LogP contribution in [0.15, 0.2) is 24.4 Å². The number of rotatable bonds is 10. The number of carbonyl (C=O) groups is 2. The first-order chi connectivity index (χ1) is 21.7. The van der Waals surface area contributed by atoms with Crippen molar-refractivity contribution in [1.82, 2.24) is 25.1 Å². The number of nitrogens with zero attached hydrogens (tertiary/aromatic N) is 6. The van der Waals surface area contributed by atoms with E-state index in [1.165, 1.54) is 45.6 Å². The number of likely N-dealkylation sites (N-methyl/N-ethyl adjacent to an activating group) is 1. The molecule has 11 nitrogen and oxygen atoms in total. The summed E-state index contributed by atoms with van der Waals surface area (Å²) in [5, 5.41) is 6.55. The summed E-state index contributed by atoms with van der Waals surface area (Å²) < 4.78 is 5.68. The molecule has 1 saturated heterocycles. The van der Waals surface area contributed by atoms with Crippen LogP contribution in [0.2, 0.25) is 0 Å². The van der Waals surface area contributed by atoms with Gasteiger partial charge in [-0.15, -0.1) is 37.2 Å². The predicted molar refractivity (Wildman–Crippen MR) is 199 cm³/mol. The minimum Gasteiger partial charge on any atom is -0.495 e. The summed E-state index contributed by atoms with van der Waals surface area (Å²) in [5.74, 6) is 2.59. The van der Waals surface area contributed by atoms with Crippen molar-refractivity contribution in [2.45, 2.75) is 89.9 Å². The van der Waals surface area contributed by atoms with Crippen molar-refractivity contribution in [3.05, 3.63) is 30.0 Å². The molecule has 2 saturated carbocycles. The first-order valence-corrected chi connectivity index (χ1v) is 16.9. The Labute approximate surface area is 304 Å². The van der Waals surface area contributed by atoms with Gasteiger partial charge in [0.25, 0.3) is 5.91 Å². The number of piperazine rings is 1. The highest BCUT2D eigenvalue weighted by Gasteiger charge is 2.38. The summed E-state index contributed by atoms with van der Waals surface area (Å²) in [4.78, 5) is 44.6. The normalized spacial score (nSPS) is 23.0. The number of methoxy groups -OCH3 is 1. The third-order valence-electron chi connectivity index (χ3n) is 10.1. The number of nitrogens with one attached hydrogen (secondary N) is 2. The summed E-state index contributed by atoms with van der Waals surface area (Å²) in [7, 11) is 3.36. The van der Waals surface area contributed by atoms with Crippen LogP contribution in [-0.4, -0.2) is 103 Å². The second-order valence-corrected chi connectivity index (χ2v) is 13.5. The maximum absolute atomic E-state index is 13.3. The second-order valence-electron chi connectivity index (χ2n) is 13.5. The van der Waals surface area contributed by atoms with Crippen molar-refractivity contribution in [2.75, 3.05) is 62.0 Å². The lowest BCUT2D eigenvalue weighted by atomic mass is 9.89. The zero-order chi connectivity index (χ0) is 31.7. The van der Waals surface area contributed by atoms with Gasteiger partial charge < -0.3 is 30.1 Å². The summed E-state index contributed by atoms with van der Waals surface area (Å²) in [6.07, 6.45) is 9.51. The molecule has 3 fully saturated rings. The number of benzene rings is 1. The summed E-state index contributed by atoms with van der Waals surface area (Å²) >= 11 is 0. The van der Waals surface area contributed by atoms with Crippen LogP contribution < -0.4 is 25.2 Å². The van der Waals surface area contributed by atoms with Crippen molar-refractivity contribution in [1.29, 1.82) is 0 Å². The highest BCUT2D eigenvalue weighted by atomic mass is 35.5. The molecule has 4 aliphatic rings. The first-order valence-electron chi connectivity index (χ1n) is 16.9. The summed E-state index contributed by atoms with van der Waals surface area (Å²) in [6, 6.07) is 6.05. The summed E-state index contributed by atoms with van der Waals surface area (Å²) in [6.45, 7) is 12.2. The number of hydrogen-bond donors (Lipinski definition) is 2. The molecule has 2 aliphatic carbocycles. The van der Waals surface area contributed by atoms with Crippen LogP contribution in [0.3, 0.4) is 0 Å². The van der Waals surface area contributed by atoms with Crippen LogP contribution in [0.1, 0.15) is 76.1 Å². The predicted octanol–water partition coefficient (Wildman–Crippen LogP) is 5.53. The van der Waals surface area contributed by atoms with E-state index < -0.39 is 0 Å². The smallest absolute Gasteiger partial charge is 0.251 e. The molecule has 2 aliphatic heterocycles. The van der Waals surface area contributed by atoms with E-state index in [2.05, 4.69) is 44.2 Å². The van der Waals surface area contributed by atoms with E-state index in [-0.39, 0.29) is 67.2 Å². The standard InChI is InChI=1S/C34H50N8O3.3ClH/c1-6-28-33(44)39(4)29-20-35-34(38-31(29)42(28)22(2)3)37-27-14-9-24(19-30(27)45-5)32(43)36-25-10-12-26(13-11-25)41-17-15-40(16-18-41)21-23-7-8-23;;;/h9,14,19-20,22-23,25-26,28H,6-8,10-13,15-18,21H2,1-5H3,(H,36,43)(H,35,37,38);3*1H/t25-,26-,28-;;;/m1.../s1. The quantitative estimate of drug-likeness (QED) is 0.327. The lowest BCUT2D eigenvalue weighted by molar-refractivity contribution is -0.120. The van der Waals surface area contributed by atoms with E-state index in [4.69, 9.17) is 9.72 Å². The molecule has 48 heavy (non-hydrogen) atoms. The number of hydrogen-bond acceptors (Lipinski definition) is 9. The zero-order valence-electron chi connectivity index (χ0n) is 28.8. The van der Waals surface area contributed by atoms with Crippen LogP contribution in [-0.2, 0) is 4.79 Å². The van der Waals surface area contributed by atoms with Crippen molar-refractivity contribution in [2.24, 2.45) is 5.92 Å². The molecule has 0 bridgehead atoms. The van der Waals surface area contributed by atoms with Gasteiger partial charge in [0.1, 0.15) is 17.5 Å². The van der Waals surface area contributed by atoms with Gasteiger partial charge in [0.2, 0.25) is 11.9 Å². The number of amides is 2. The molecule has 2 N–H and O–H groups in total. The second kappa shape index (κ2) is 17.4. The molecule has 1 atom stereocenters. The Balaban J connectivity index is 0.00000208. The molecule has 268 valence electrons. The number of anilines is 4. The van der Waals surface area contributed by atoms with Crippen molar-refractivity contribution in [3.63, 3.8) is 0 Å². The zero-order valence-corrected chi connectivity index (χ0v) is 31.3. The van der Waals surface area contributed by atoms with Crippen molar-refractivity contribution < 1.29 is 14.3 Å². The van der Waals surface area contributed by atoms with Crippen molar-refractivity contribution >= 4 is 72.2 Å². The highest BCUT2D eigenvalue weighted by molar-refractivity contribution is 6.04. The van der Waals surface area contributed by atoms with Crippen LogP contribution in [0.5, 0.6) is 5.75 Å². The molecule has 14 heteroatoms. The molecule has 0 unspecified atom stereocenters. The minimum atomic E-state index is -0.278. The van der Waals surface area contributed by atoms with Gasteiger partial charge in [0.15, 0.2) is 5.82 Å². The maximum atomic E-state index is 13.3.